The second-order valence-corrected chi connectivity index (χ2v) is 5.06. The van der Waals surface area contributed by atoms with Gasteiger partial charge in [0.15, 0.2) is 0 Å². The lowest BCUT2D eigenvalue weighted by Gasteiger charge is -2.04. The van der Waals surface area contributed by atoms with Crippen LogP contribution in [0.2, 0.25) is 0 Å². The van der Waals surface area contributed by atoms with Gasteiger partial charge in [0, 0.05) is 23.8 Å². The monoisotopic (exact) mass is 338 g/mol. The summed E-state index contributed by atoms with van der Waals surface area (Å²) in [7, 11) is 0. The van der Waals surface area contributed by atoms with Crippen molar-refractivity contribution in [3.05, 3.63) is 82.7 Å². The summed E-state index contributed by atoms with van der Waals surface area (Å²) in [6.45, 7) is 0. The molecule has 0 aliphatic rings. The number of H-pyrrole nitrogens is 2. The molecule has 0 spiro atoms. The zero-order chi connectivity index (χ0) is 17.6. The molecule has 0 bridgehead atoms. The lowest BCUT2D eigenvalue weighted by molar-refractivity contribution is -0.137. The molecule has 0 aliphatic carbocycles. The van der Waals surface area contributed by atoms with Crippen molar-refractivity contribution in [2.75, 3.05) is 0 Å². The van der Waals surface area contributed by atoms with Crippen molar-refractivity contribution in [1.29, 1.82) is 0 Å². The van der Waals surface area contributed by atoms with Crippen LogP contribution >= 0.6 is 0 Å². The molecule has 0 atom stereocenters. The van der Waals surface area contributed by atoms with Crippen LogP contribution < -0.4 is 5.63 Å². The first-order valence-electron chi connectivity index (χ1n) is 7.36. The van der Waals surface area contributed by atoms with Crippen LogP contribution in [0.3, 0.4) is 0 Å². The molecule has 3 aromatic heterocycles. The number of hydrogen-bond acceptors (Lipinski definition) is 5. The van der Waals surface area contributed by atoms with Crippen LogP contribution in [0.15, 0.2) is 70.1 Å². The minimum atomic E-state index is -0.968. The fourth-order valence-electron chi connectivity index (χ4n) is 2.28. The Morgan fingerprint density at radius 2 is 1.60 bits per heavy atom. The number of para-hydroxylation sites is 1. The molecular formula is C17H14N4O4. The molecule has 25 heavy (non-hydrogen) atoms. The Hall–Kier alpha value is -3.68. The molecule has 0 radical (unpaired) electrons. The van der Waals surface area contributed by atoms with Gasteiger partial charge in [0.05, 0.1) is 11.4 Å². The van der Waals surface area contributed by atoms with Crippen molar-refractivity contribution in [2.24, 2.45) is 0 Å². The highest BCUT2D eigenvalue weighted by molar-refractivity contribution is 5.79. The van der Waals surface area contributed by atoms with Crippen LogP contribution in [-0.4, -0.2) is 31.5 Å². The molecule has 4 rings (SSSR count). The number of nitrogens with one attached hydrogen (secondary N) is 2. The topological polar surface area (TPSA) is 125 Å². The van der Waals surface area contributed by atoms with Crippen molar-refractivity contribution < 1.29 is 14.3 Å². The van der Waals surface area contributed by atoms with Gasteiger partial charge in [0.1, 0.15) is 11.5 Å². The molecule has 0 aliphatic heterocycles. The summed E-state index contributed by atoms with van der Waals surface area (Å²) in [6, 6.07) is 13.8. The van der Waals surface area contributed by atoms with Crippen LogP contribution in [0.25, 0.3) is 11.0 Å². The third kappa shape index (κ3) is 3.81. The molecular weight excluding hydrogens is 324 g/mol. The lowest BCUT2D eigenvalue weighted by atomic mass is 10.0. The summed E-state index contributed by atoms with van der Waals surface area (Å²) in [4.78, 5) is 21.7. The fourth-order valence-corrected chi connectivity index (χ4v) is 2.28. The summed E-state index contributed by atoms with van der Waals surface area (Å²) in [5, 5.41) is 22.8. The number of aromatic amines is 2. The summed E-state index contributed by atoms with van der Waals surface area (Å²) in [5.41, 5.74) is 1.23. The van der Waals surface area contributed by atoms with E-state index in [1.807, 2.05) is 18.2 Å². The number of carbonyl (C=O) groups is 1. The molecule has 3 heterocycles. The molecule has 1 aromatic carbocycles. The predicted octanol–water partition coefficient (Wildman–Crippen LogP) is 2.14. The third-order valence-electron chi connectivity index (χ3n) is 3.41. The van der Waals surface area contributed by atoms with E-state index in [9.17, 15) is 9.59 Å². The van der Waals surface area contributed by atoms with E-state index in [1.54, 1.807) is 36.7 Å². The van der Waals surface area contributed by atoms with E-state index in [2.05, 4.69) is 20.4 Å². The highest BCUT2D eigenvalue weighted by atomic mass is 16.4. The van der Waals surface area contributed by atoms with E-state index in [0.717, 1.165) is 5.39 Å². The summed E-state index contributed by atoms with van der Waals surface area (Å²) in [5.74, 6) is -1.78. The molecule has 0 saturated carbocycles. The average Bonchev–Trinajstić information content (AvgIpc) is 3.30. The quantitative estimate of drug-likeness (QED) is 0.492. The largest absolute Gasteiger partial charge is 0.480 e. The maximum absolute atomic E-state index is 11.0. The Balaban J connectivity index is 0.000000150. The smallest absolute Gasteiger partial charge is 0.336 e. The van der Waals surface area contributed by atoms with Crippen molar-refractivity contribution in [2.45, 2.75) is 5.92 Å². The molecule has 0 unspecified atom stereocenters. The molecule has 4 aromatic rings. The number of aromatic nitrogens is 4. The summed E-state index contributed by atoms with van der Waals surface area (Å²) < 4.78 is 4.91. The highest BCUT2D eigenvalue weighted by Gasteiger charge is 2.25. The van der Waals surface area contributed by atoms with Gasteiger partial charge in [-0.1, -0.05) is 18.2 Å². The van der Waals surface area contributed by atoms with Gasteiger partial charge in [0.25, 0.3) is 0 Å². The van der Waals surface area contributed by atoms with Crippen molar-refractivity contribution in [3.8, 4) is 0 Å². The molecule has 0 saturated heterocycles. The van der Waals surface area contributed by atoms with E-state index in [-0.39, 0.29) is 5.63 Å². The number of hydrogen-bond donors (Lipinski definition) is 3. The minimum Gasteiger partial charge on any atom is -0.480 e. The summed E-state index contributed by atoms with van der Waals surface area (Å²) in [6.07, 6.45) is 3.16. The minimum absolute atomic E-state index is 0.302. The van der Waals surface area contributed by atoms with Gasteiger partial charge >= 0.3 is 11.6 Å². The number of fused-ring (bicyclic) bond motifs is 1. The van der Waals surface area contributed by atoms with Crippen LogP contribution in [0, 0.1) is 0 Å². The van der Waals surface area contributed by atoms with Crippen molar-refractivity contribution in [3.63, 3.8) is 0 Å². The Morgan fingerprint density at radius 3 is 2.16 bits per heavy atom. The van der Waals surface area contributed by atoms with Crippen LogP contribution in [0.4, 0.5) is 0 Å². The maximum Gasteiger partial charge on any atom is 0.336 e. The number of nitrogens with zero attached hydrogens (tertiary/aromatic N) is 2. The Labute approximate surface area is 141 Å². The van der Waals surface area contributed by atoms with E-state index in [0.29, 0.717) is 17.0 Å². The first-order valence-corrected chi connectivity index (χ1v) is 7.36. The Kier molecular flexibility index (Phi) is 4.70. The van der Waals surface area contributed by atoms with Gasteiger partial charge in [0.2, 0.25) is 0 Å². The van der Waals surface area contributed by atoms with Crippen molar-refractivity contribution in [1.82, 2.24) is 20.4 Å². The molecule has 0 fully saturated rings. The van der Waals surface area contributed by atoms with Gasteiger partial charge in [-0.3, -0.25) is 15.0 Å². The van der Waals surface area contributed by atoms with Gasteiger partial charge in [-0.25, -0.2) is 4.79 Å². The maximum atomic E-state index is 11.0. The number of aliphatic carboxylic acids is 1. The highest BCUT2D eigenvalue weighted by Crippen LogP contribution is 2.20. The van der Waals surface area contributed by atoms with E-state index < -0.39 is 11.9 Å². The Bertz CT molecular complexity index is 972. The fraction of sp³-hybridized carbons (Fsp3) is 0.0588. The first kappa shape index (κ1) is 16.2. The molecule has 8 nitrogen and oxygen atoms in total. The van der Waals surface area contributed by atoms with E-state index in [1.165, 1.54) is 6.07 Å². The second-order valence-electron chi connectivity index (χ2n) is 5.06. The van der Waals surface area contributed by atoms with Gasteiger partial charge < -0.3 is 9.52 Å². The first-order chi connectivity index (χ1) is 12.1. The average molecular weight is 338 g/mol. The zero-order valence-corrected chi connectivity index (χ0v) is 12.9. The molecule has 3 N–H and O–H groups in total. The molecule has 0 amide bonds. The SMILES string of the molecule is O=C(O)C(c1cc[nH]n1)c1cc[nH]n1.O=c1ccc2ccccc2o1. The van der Waals surface area contributed by atoms with Gasteiger partial charge in [-0.2, -0.15) is 10.2 Å². The van der Waals surface area contributed by atoms with Crippen LogP contribution in [-0.2, 0) is 4.79 Å². The third-order valence-corrected chi connectivity index (χ3v) is 3.41. The number of carboxylic acids is 1. The van der Waals surface area contributed by atoms with Crippen LogP contribution in [0.5, 0.6) is 0 Å². The second kappa shape index (κ2) is 7.26. The molecule has 8 heteroatoms. The summed E-state index contributed by atoms with van der Waals surface area (Å²) >= 11 is 0. The number of rotatable bonds is 3. The zero-order valence-electron chi connectivity index (χ0n) is 12.9. The predicted molar refractivity (Wildman–Crippen MR) is 89.1 cm³/mol. The van der Waals surface area contributed by atoms with Gasteiger partial charge in [-0.05, 0) is 24.3 Å². The van der Waals surface area contributed by atoms with E-state index in [4.69, 9.17) is 9.52 Å². The number of benzene rings is 1. The van der Waals surface area contributed by atoms with Crippen LogP contribution in [0.1, 0.15) is 17.3 Å². The Morgan fingerprint density at radius 1 is 0.960 bits per heavy atom. The molecule has 126 valence electrons. The normalized spacial score (nSPS) is 10.4. The standard InChI is InChI=1S/C9H6O2.C8H8N4O2/c10-9-6-5-7-3-1-2-4-8(7)11-9;13-8(14)7(5-1-3-9-11-5)6-2-4-10-12-6/h1-6H;1-4,7H,(H,9,11)(H,10,12)(H,13,14). The lowest BCUT2D eigenvalue weighted by Crippen LogP contribution is -2.14. The number of carboxylic acid groups (broad SMARTS) is 1. The van der Waals surface area contributed by atoms with Crippen molar-refractivity contribution >= 4 is 16.9 Å². The van der Waals surface area contributed by atoms with E-state index >= 15 is 0 Å². The van der Waals surface area contributed by atoms with Gasteiger partial charge in [-0.15, -0.1) is 0 Å².